The van der Waals surface area contributed by atoms with Crippen LogP contribution in [-0.2, 0) is 37.0 Å². The molecular formula is C28H35NO6. The van der Waals surface area contributed by atoms with Gasteiger partial charge in [-0.1, -0.05) is 73.5 Å². The van der Waals surface area contributed by atoms with Crippen molar-refractivity contribution >= 4 is 18.0 Å². The van der Waals surface area contributed by atoms with Crippen LogP contribution in [0.1, 0.15) is 57.6 Å². The molecule has 0 aromatic heterocycles. The first-order chi connectivity index (χ1) is 16.7. The Morgan fingerprint density at radius 1 is 0.829 bits per heavy atom. The Balaban J connectivity index is 1.81. The predicted octanol–water partition coefficient (Wildman–Crippen LogP) is 5.17. The number of carbonyl (C=O) groups is 3. The van der Waals surface area contributed by atoms with Crippen LogP contribution in [0.4, 0.5) is 4.79 Å². The van der Waals surface area contributed by atoms with Gasteiger partial charge < -0.3 is 19.5 Å². The van der Waals surface area contributed by atoms with Crippen molar-refractivity contribution in [1.82, 2.24) is 5.32 Å². The predicted molar refractivity (Wildman–Crippen MR) is 131 cm³/mol. The molecule has 0 spiro atoms. The monoisotopic (exact) mass is 481 g/mol. The third-order valence-corrected chi connectivity index (χ3v) is 5.91. The second-order valence-corrected chi connectivity index (χ2v) is 9.88. The van der Waals surface area contributed by atoms with E-state index in [0.717, 1.165) is 36.8 Å². The highest BCUT2D eigenvalue weighted by atomic mass is 16.6. The molecule has 7 nitrogen and oxygen atoms in total. The average molecular weight is 482 g/mol. The SMILES string of the molecule is CC(C)(C)OC(=O)N[C@H](C1CCCC1)C(C(=O)OCc1ccccc1)C(=O)OCc1ccccc1. The topological polar surface area (TPSA) is 90.9 Å². The molecule has 0 bridgehead atoms. The molecule has 1 aliphatic rings. The lowest BCUT2D eigenvalue weighted by Crippen LogP contribution is -2.52. The fraction of sp³-hybridized carbons (Fsp3) is 0.464. The average Bonchev–Trinajstić information content (AvgIpc) is 3.36. The van der Waals surface area contributed by atoms with Crippen molar-refractivity contribution in [2.75, 3.05) is 0 Å². The van der Waals surface area contributed by atoms with Gasteiger partial charge in [-0.05, 0) is 50.7 Å². The Bertz CT molecular complexity index is 908. The maximum absolute atomic E-state index is 13.3. The Morgan fingerprint density at radius 3 is 1.71 bits per heavy atom. The number of ether oxygens (including phenoxy) is 3. The van der Waals surface area contributed by atoms with Gasteiger partial charge in [-0.25, -0.2) is 4.79 Å². The van der Waals surface area contributed by atoms with Crippen molar-refractivity contribution in [3.63, 3.8) is 0 Å². The lowest BCUT2D eigenvalue weighted by atomic mass is 9.86. The summed E-state index contributed by atoms with van der Waals surface area (Å²) >= 11 is 0. The largest absolute Gasteiger partial charge is 0.460 e. The van der Waals surface area contributed by atoms with E-state index in [9.17, 15) is 14.4 Å². The summed E-state index contributed by atoms with van der Waals surface area (Å²) in [6.45, 7) is 5.32. The van der Waals surface area contributed by atoms with Gasteiger partial charge >= 0.3 is 18.0 Å². The first-order valence-corrected chi connectivity index (χ1v) is 12.1. The summed E-state index contributed by atoms with van der Waals surface area (Å²) in [5.41, 5.74) is 0.881. The number of hydrogen-bond donors (Lipinski definition) is 1. The molecule has 188 valence electrons. The van der Waals surface area contributed by atoms with Crippen LogP contribution < -0.4 is 5.32 Å². The molecule has 1 aliphatic carbocycles. The van der Waals surface area contributed by atoms with Gasteiger partial charge in [0.25, 0.3) is 0 Å². The van der Waals surface area contributed by atoms with Gasteiger partial charge in [0.05, 0.1) is 6.04 Å². The summed E-state index contributed by atoms with van der Waals surface area (Å²) < 4.78 is 16.6. The zero-order valence-corrected chi connectivity index (χ0v) is 20.7. The molecule has 3 rings (SSSR count). The minimum Gasteiger partial charge on any atom is -0.460 e. The minimum absolute atomic E-state index is 0.0198. The summed E-state index contributed by atoms with van der Waals surface area (Å²) in [4.78, 5) is 39.3. The molecule has 0 saturated heterocycles. The highest BCUT2D eigenvalue weighted by Crippen LogP contribution is 2.32. The van der Waals surface area contributed by atoms with Crippen LogP contribution in [0.25, 0.3) is 0 Å². The van der Waals surface area contributed by atoms with Crippen molar-refractivity contribution in [3.05, 3.63) is 71.8 Å². The molecule has 1 atom stereocenters. The first kappa shape index (κ1) is 26.3. The van der Waals surface area contributed by atoms with Gasteiger partial charge in [-0.2, -0.15) is 0 Å². The Kier molecular flexibility index (Phi) is 9.29. The van der Waals surface area contributed by atoms with E-state index >= 15 is 0 Å². The van der Waals surface area contributed by atoms with Gasteiger partial charge in [0, 0.05) is 0 Å². The molecule has 35 heavy (non-hydrogen) atoms. The van der Waals surface area contributed by atoms with E-state index in [-0.39, 0.29) is 19.1 Å². The Labute approximate surface area is 207 Å². The Hall–Kier alpha value is -3.35. The molecule has 0 unspecified atom stereocenters. The van der Waals surface area contributed by atoms with E-state index in [2.05, 4.69) is 5.32 Å². The zero-order valence-electron chi connectivity index (χ0n) is 20.7. The summed E-state index contributed by atoms with van der Waals surface area (Å²) in [5, 5.41) is 2.81. The summed E-state index contributed by atoms with van der Waals surface area (Å²) in [6.07, 6.45) is 2.82. The number of esters is 2. The molecule has 0 aliphatic heterocycles. The molecule has 0 heterocycles. The smallest absolute Gasteiger partial charge is 0.407 e. The number of alkyl carbamates (subject to hydrolysis) is 1. The highest BCUT2D eigenvalue weighted by Gasteiger charge is 2.44. The van der Waals surface area contributed by atoms with Gasteiger partial charge in [0.2, 0.25) is 0 Å². The number of benzene rings is 2. The fourth-order valence-electron chi connectivity index (χ4n) is 4.26. The molecule has 2 aromatic carbocycles. The van der Waals surface area contributed by atoms with E-state index in [1.807, 2.05) is 60.7 Å². The van der Waals surface area contributed by atoms with Crippen molar-refractivity contribution in [2.24, 2.45) is 11.8 Å². The van der Waals surface area contributed by atoms with Crippen LogP contribution in [0.3, 0.4) is 0 Å². The summed E-state index contributed by atoms with van der Waals surface area (Å²) in [6, 6.07) is 17.7. The summed E-state index contributed by atoms with van der Waals surface area (Å²) in [5.74, 6) is -2.82. The standard InChI is InChI=1S/C28H35NO6/c1-28(2,3)35-27(32)29-24(22-16-10-11-17-22)23(25(30)33-18-20-12-6-4-7-13-20)26(31)34-19-21-14-8-5-9-15-21/h4-9,12-15,22-24H,10-11,16-19H2,1-3H3,(H,29,32)/t24-/m1/s1. The fourth-order valence-corrected chi connectivity index (χ4v) is 4.26. The van der Waals surface area contributed by atoms with Gasteiger partial charge in [-0.3, -0.25) is 9.59 Å². The van der Waals surface area contributed by atoms with Crippen molar-refractivity contribution in [2.45, 2.75) is 71.3 Å². The molecule has 7 heteroatoms. The molecule has 1 amide bonds. The van der Waals surface area contributed by atoms with Crippen molar-refractivity contribution in [1.29, 1.82) is 0 Å². The van der Waals surface area contributed by atoms with Crippen molar-refractivity contribution in [3.8, 4) is 0 Å². The maximum Gasteiger partial charge on any atom is 0.407 e. The molecular weight excluding hydrogens is 446 g/mol. The van der Waals surface area contributed by atoms with E-state index in [1.165, 1.54) is 0 Å². The third kappa shape index (κ3) is 8.42. The zero-order chi connectivity index (χ0) is 25.3. The number of hydrogen-bond acceptors (Lipinski definition) is 6. The van der Waals surface area contributed by atoms with Crippen LogP contribution in [0, 0.1) is 11.8 Å². The second kappa shape index (κ2) is 12.4. The highest BCUT2D eigenvalue weighted by molar-refractivity contribution is 5.96. The molecule has 1 saturated carbocycles. The number of rotatable bonds is 9. The van der Waals surface area contributed by atoms with Crippen LogP contribution >= 0.6 is 0 Å². The van der Waals surface area contributed by atoms with Crippen LogP contribution in [0.5, 0.6) is 0 Å². The second-order valence-electron chi connectivity index (χ2n) is 9.88. The maximum atomic E-state index is 13.3. The van der Waals surface area contributed by atoms with Crippen LogP contribution in [0.15, 0.2) is 60.7 Å². The lowest BCUT2D eigenvalue weighted by molar-refractivity contribution is -0.166. The molecule has 1 fully saturated rings. The van der Waals surface area contributed by atoms with Gasteiger partial charge in [-0.15, -0.1) is 0 Å². The first-order valence-electron chi connectivity index (χ1n) is 12.1. The number of carbonyl (C=O) groups excluding carboxylic acids is 3. The van der Waals surface area contributed by atoms with E-state index in [4.69, 9.17) is 14.2 Å². The quantitative estimate of drug-likeness (QED) is 0.302. The minimum atomic E-state index is -1.31. The van der Waals surface area contributed by atoms with Crippen LogP contribution in [0.2, 0.25) is 0 Å². The molecule has 0 radical (unpaired) electrons. The van der Waals surface area contributed by atoms with E-state index < -0.39 is 35.6 Å². The molecule has 2 aromatic rings. The lowest BCUT2D eigenvalue weighted by Gasteiger charge is -2.31. The molecule has 1 N–H and O–H groups in total. The van der Waals surface area contributed by atoms with E-state index in [1.54, 1.807) is 20.8 Å². The normalized spacial score (nSPS) is 14.9. The number of amides is 1. The van der Waals surface area contributed by atoms with E-state index in [0.29, 0.717) is 0 Å². The third-order valence-electron chi connectivity index (χ3n) is 5.91. The van der Waals surface area contributed by atoms with Crippen molar-refractivity contribution < 1.29 is 28.6 Å². The number of nitrogens with one attached hydrogen (secondary N) is 1. The van der Waals surface area contributed by atoms with Gasteiger partial charge in [0.15, 0.2) is 5.92 Å². The van der Waals surface area contributed by atoms with Gasteiger partial charge in [0.1, 0.15) is 18.8 Å². The van der Waals surface area contributed by atoms with Crippen LogP contribution in [-0.4, -0.2) is 29.7 Å². The summed E-state index contributed by atoms with van der Waals surface area (Å²) in [7, 11) is 0. The Morgan fingerprint density at radius 2 is 1.29 bits per heavy atom.